The van der Waals surface area contributed by atoms with Gasteiger partial charge in [0.15, 0.2) is 0 Å². The third-order valence-electron chi connectivity index (χ3n) is 7.42. The van der Waals surface area contributed by atoms with Crippen LogP contribution in [-0.4, -0.2) is 64.7 Å². The number of furan rings is 1. The maximum absolute atomic E-state index is 12.4. The Kier molecular flexibility index (Phi) is 9.32. The lowest BCUT2D eigenvalue weighted by atomic mass is 10.1. The molecule has 1 amide bonds. The van der Waals surface area contributed by atoms with Gasteiger partial charge in [0.25, 0.3) is 0 Å². The van der Waals surface area contributed by atoms with E-state index in [0.29, 0.717) is 24.2 Å². The van der Waals surface area contributed by atoms with Gasteiger partial charge in [0.1, 0.15) is 11.2 Å². The number of carbonyl (C=O) groups is 2. The molecule has 4 aromatic rings. The van der Waals surface area contributed by atoms with Crippen LogP contribution < -0.4 is 4.90 Å². The molecular weight excluding hydrogens is 562 g/mol. The zero-order chi connectivity index (χ0) is 30.6. The second-order valence-electron chi connectivity index (χ2n) is 11.8. The number of aryl methyl sites for hydroxylation is 1. The topological polar surface area (TPSA) is 86.5 Å². The van der Waals surface area contributed by atoms with Gasteiger partial charge in [0.05, 0.1) is 0 Å². The lowest BCUT2D eigenvalue weighted by Gasteiger charge is -2.36. The number of fused-ring (bicyclic) bond motifs is 1. The van der Waals surface area contributed by atoms with Crippen LogP contribution in [0, 0.1) is 6.92 Å². The number of rotatable bonds is 9. The zero-order valence-corrected chi connectivity index (χ0v) is 26.0. The molecule has 1 aromatic heterocycles. The van der Waals surface area contributed by atoms with Crippen LogP contribution in [-0.2, 0) is 17.7 Å². The van der Waals surface area contributed by atoms with Gasteiger partial charge in [-0.05, 0) is 87.5 Å². The number of aromatic carboxylic acids is 1. The minimum atomic E-state index is -1.05. The maximum atomic E-state index is 12.4. The van der Waals surface area contributed by atoms with Crippen LogP contribution in [0.25, 0.3) is 11.0 Å². The summed E-state index contributed by atoms with van der Waals surface area (Å²) in [7, 11) is 0. The minimum Gasteiger partial charge on any atom is -0.475 e. The number of carboxylic acid groups (broad SMARTS) is 1. The fourth-order valence-electron chi connectivity index (χ4n) is 5.15. The Balaban J connectivity index is 1.26. The highest BCUT2D eigenvalue weighted by Crippen LogP contribution is 2.32. The molecule has 0 saturated carbocycles. The Bertz CT molecular complexity index is 1550. The van der Waals surface area contributed by atoms with Crippen molar-refractivity contribution in [1.29, 1.82) is 0 Å². The quantitative estimate of drug-likeness (QED) is 0.201. The number of hydrogen-bond donors (Lipinski definition) is 1. The van der Waals surface area contributed by atoms with E-state index in [-0.39, 0.29) is 11.9 Å². The van der Waals surface area contributed by atoms with E-state index >= 15 is 0 Å². The summed E-state index contributed by atoms with van der Waals surface area (Å²) in [6.07, 6.45) is 0.657. The van der Waals surface area contributed by atoms with Crippen molar-refractivity contribution in [1.82, 2.24) is 9.21 Å². The normalized spacial score (nSPS) is 14.0. The monoisotopic (exact) mass is 601 g/mol. The summed E-state index contributed by atoms with van der Waals surface area (Å²) >= 11 is 1.67. The van der Waals surface area contributed by atoms with Crippen molar-refractivity contribution in [3.63, 3.8) is 0 Å². The van der Waals surface area contributed by atoms with Gasteiger partial charge < -0.3 is 24.1 Å². The van der Waals surface area contributed by atoms with Gasteiger partial charge in [0, 0.05) is 60.8 Å². The van der Waals surface area contributed by atoms with Crippen LogP contribution >= 0.6 is 11.9 Å². The summed E-state index contributed by atoms with van der Waals surface area (Å²) < 4.78 is 13.4. The van der Waals surface area contributed by atoms with Gasteiger partial charge in [0.2, 0.25) is 5.76 Å². The van der Waals surface area contributed by atoms with Crippen LogP contribution in [0.1, 0.15) is 48.0 Å². The van der Waals surface area contributed by atoms with Crippen molar-refractivity contribution in [2.45, 2.75) is 51.2 Å². The first-order valence-corrected chi connectivity index (χ1v) is 15.4. The second kappa shape index (κ2) is 13.1. The first kappa shape index (κ1) is 30.5. The predicted molar refractivity (Wildman–Crippen MR) is 171 cm³/mol. The molecule has 1 saturated heterocycles. The molecule has 226 valence electrons. The standard InChI is InChI=1S/C34H39N3O5S/c1-24-29-22-28(14-15-30(29)41-31(24)32(38)39)43-37(17-16-25-8-6-5-7-9-25)23-26-10-12-27(13-11-26)35-18-20-36(21-19-35)33(40)42-34(2,3)4/h5-15,22H,16-21,23H2,1-4H3,(H,38,39). The van der Waals surface area contributed by atoms with Gasteiger partial charge in [-0.25, -0.2) is 13.9 Å². The van der Waals surface area contributed by atoms with Crippen LogP contribution in [0.4, 0.5) is 10.5 Å². The number of benzene rings is 3. The third kappa shape index (κ3) is 7.91. The summed E-state index contributed by atoms with van der Waals surface area (Å²) in [4.78, 5) is 29.1. The van der Waals surface area contributed by atoms with E-state index in [1.165, 1.54) is 11.1 Å². The summed E-state index contributed by atoms with van der Waals surface area (Å²) in [5.74, 6) is -1.06. The fraction of sp³-hybridized carbons (Fsp3) is 0.353. The van der Waals surface area contributed by atoms with Crippen molar-refractivity contribution in [2.75, 3.05) is 37.6 Å². The molecule has 1 fully saturated rings. The first-order valence-electron chi connectivity index (χ1n) is 14.6. The summed E-state index contributed by atoms with van der Waals surface area (Å²) in [5, 5.41) is 10.3. The molecule has 43 heavy (non-hydrogen) atoms. The number of piperazine rings is 1. The largest absolute Gasteiger partial charge is 0.475 e. The summed E-state index contributed by atoms with van der Waals surface area (Å²) in [5.41, 5.74) is 4.35. The van der Waals surface area contributed by atoms with E-state index in [1.807, 2.05) is 45.0 Å². The number of nitrogens with zero attached hydrogens (tertiary/aromatic N) is 3. The Morgan fingerprint density at radius 1 is 0.953 bits per heavy atom. The Morgan fingerprint density at radius 3 is 2.30 bits per heavy atom. The number of carbonyl (C=O) groups excluding carboxylic acids is 1. The van der Waals surface area contributed by atoms with E-state index in [9.17, 15) is 14.7 Å². The maximum Gasteiger partial charge on any atom is 0.410 e. The molecule has 0 atom stereocenters. The first-order chi connectivity index (χ1) is 20.6. The highest BCUT2D eigenvalue weighted by atomic mass is 32.2. The Labute approximate surface area is 257 Å². The summed E-state index contributed by atoms with van der Waals surface area (Å²) in [6.45, 7) is 11.8. The summed E-state index contributed by atoms with van der Waals surface area (Å²) in [6, 6.07) is 25.0. The smallest absolute Gasteiger partial charge is 0.410 e. The molecule has 8 nitrogen and oxygen atoms in total. The van der Waals surface area contributed by atoms with Crippen molar-refractivity contribution >= 4 is 40.7 Å². The molecule has 2 heterocycles. The number of amides is 1. The Hall–Kier alpha value is -3.95. The average molecular weight is 602 g/mol. The number of ether oxygens (including phenoxy) is 1. The third-order valence-corrected chi connectivity index (χ3v) is 8.46. The zero-order valence-electron chi connectivity index (χ0n) is 25.2. The van der Waals surface area contributed by atoms with E-state index in [4.69, 9.17) is 9.15 Å². The van der Waals surface area contributed by atoms with Crippen molar-refractivity contribution in [3.05, 3.63) is 95.2 Å². The molecule has 1 N–H and O–H groups in total. The lowest BCUT2D eigenvalue weighted by Crippen LogP contribution is -2.50. The van der Waals surface area contributed by atoms with Crippen molar-refractivity contribution in [2.24, 2.45) is 0 Å². The fourth-order valence-corrected chi connectivity index (χ4v) is 6.15. The van der Waals surface area contributed by atoms with Gasteiger partial charge in [-0.1, -0.05) is 42.5 Å². The minimum absolute atomic E-state index is 0.00979. The van der Waals surface area contributed by atoms with Crippen molar-refractivity contribution in [3.8, 4) is 0 Å². The van der Waals surface area contributed by atoms with Gasteiger partial charge in [-0.15, -0.1) is 0 Å². The Morgan fingerprint density at radius 2 is 1.65 bits per heavy atom. The number of anilines is 1. The molecule has 5 rings (SSSR count). The van der Waals surface area contributed by atoms with Gasteiger partial charge in [-0.2, -0.15) is 0 Å². The highest BCUT2D eigenvalue weighted by molar-refractivity contribution is 7.97. The molecule has 0 aliphatic carbocycles. The highest BCUT2D eigenvalue weighted by Gasteiger charge is 2.26. The lowest BCUT2D eigenvalue weighted by molar-refractivity contribution is 0.0240. The van der Waals surface area contributed by atoms with E-state index in [1.54, 1.807) is 23.8 Å². The van der Waals surface area contributed by atoms with Gasteiger partial charge in [-0.3, -0.25) is 0 Å². The van der Waals surface area contributed by atoms with Crippen LogP contribution in [0.3, 0.4) is 0 Å². The van der Waals surface area contributed by atoms with Gasteiger partial charge >= 0.3 is 12.1 Å². The molecule has 0 radical (unpaired) electrons. The molecule has 1 aliphatic rings. The van der Waals surface area contributed by atoms with Crippen LogP contribution in [0.5, 0.6) is 0 Å². The van der Waals surface area contributed by atoms with Crippen molar-refractivity contribution < 1.29 is 23.8 Å². The second-order valence-corrected chi connectivity index (χ2v) is 13.0. The molecule has 0 spiro atoms. The van der Waals surface area contributed by atoms with E-state index in [0.717, 1.165) is 48.6 Å². The predicted octanol–water partition coefficient (Wildman–Crippen LogP) is 7.25. The molecule has 0 unspecified atom stereocenters. The number of carboxylic acids is 1. The molecule has 9 heteroatoms. The molecule has 0 bridgehead atoms. The molecular formula is C34H39N3O5S. The van der Waals surface area contributed by atoms with E-state index < -0.39 is 11.6 Å². The molecule has 1 aliphatic heterocycles. The van der Waals surface area contributed by atoms with Crippen LogP contribution in [0.2, 0.25) is 0 Å². The number of hydrogen-bond acceptors (Lipinski definition) is 7. The molecule has 3 aromatic carbocycles. The van der Waals surface area contributed by atoms with E-state index in [2.05, 4.69) is 57.7 Å². The average Bonchev–Trinajstić information content (AvgIpc) is 3.32. The van der Waals surface area contributed by atoms with Crippen LogP contribution in [0.15, 0.2) is 82.1 Å². The SMILES string of the molecule is Cc1c(C(=O)O)oc2ccc(SN(CCc3ccccc3)Cc3ccc(N4CCN(C(=O)OC(C)(C)C)CC4)cc3)cc12.